The van der Waals surface area contributed by atoms with Crippen LogP contribution < -0.4 is 5.73 Å². The average molecular weight is 182 g/mol. The van der Waals surface area contributed by atoms with Crippen molar-refractivity contribution in [1.29, 1.82) is 0 Å². The lowest BCUT2D eigenvalue weighted by molar-refractivity contribution is 0.742. The largest absolute Gasteiger partial charge is 0.324 e. The first-order chi connectivity index (χ1) is 5.74. The topological polar surface area (TPSA) is 26.0 Å². The maximum absolute atomic E-state index is 5.84. The van der Waals surface area contributed by atoms with Gasteiger partial charge in [0.25, 0.3) is 0 Å². The van der Waals surface area contributed by atoms with Crippen LogP contribution in [0.5, 0.6) is 0 Å². The van der Waals surface area contributed by atoms with Crippen LogP contribution in [0.25, 0.3) is 0 Å². The van der Waals surface area contributed by atoms with Crippen molar-refractivity contribution in [2.24, 2.45) is 5.73 Å². The molecule has 0 spiro atoms. The van der Waals surface area contributed by atoms with Crippen molar-refractivity contribution in [3.63, 3.8) is 0 Å². The van der Waals surface area contributed by atoms with E-state index in [0.717, 1.165) is 17.0 Å². The van der Waals surface area contributed by atoms with Crippen molar-refractivity contribution in [1.82, 2.24) is 0 Å². The standard InChI is InChI=1S/C10H12ClN/c1-2-4-10(12)8-5-3-6-9(11)7-8/h2-3,5-7,10H,1,4,12H2. The predicted molar refractivity (Wildman–Crippen MR) is 53.2 cm³/mol. The molecule has 1 rings (SSSR count). The molecule has 0 aliphatic carbocycles. The fourth-order valence-corrected chi connectivity index (χ4v) is 1.25. The molecule has 0 bridgehead atoms. The van der Waals surface area contributed by atoms with Crippen molar-refractivity contribution in [3.05, 3.63) is 47.5 Å². The SMILES string of the molecule is C=CCC(N)c1cccc(Cl)c1. The van der Waals surface area contributed by atoms with E-state index in [4.69, 9.17) is 17.3 Å². The summed E-state index contributed by atoms with van der Waals surface area (Å²) in [6.07, 6.45) is 2.59. The third-order valence-electron chi connectivity index (χ3n) is 1.70. The normalized spacial score (nSPS) is 12.5. The minimum atomic E-state index is 0.0150. The number of benzene rings is 1. The second kappa shape index (κ2) is 4.29. The monoisotopic (exact) mass is 181 g/mol. The molecule has 1 aromatic rings. The Morgan fingerprint density at radius 1 is 1.58 bits per heavy atom. The zero-order valence-corrected chi connectivity index (χ0v) is 7.59. The van der Waals surface area contributed by atoms with Gasteiger partial charge in [0.05, 0.1) is 0 Å². The molecule has 0 aromatic heterocycles. The molecule has 0 heterocycles. The molecule has 1 atom stereocenters. The number of hydrogen-bond donors (Lipinski definition) is 1. The Morgan fingerprint density at radius 3 is 2.92 bits per heavy atom. The van der Waals surface area contributed by atoms with Crippen molar-refractivity contribution < 1.29 is 0 Å². The smallest absolute Gasteiger partial charge is 0.0409 e. The highest BCUT2D eigenvalue weighted by molar-refractivity contribution is 6.30. The zero-order chi connectivity index (χ0) is 8.97. The zero-order valence-electron chi connectivity index (χ0n) is 6.83. The van der Waals surface area contributed by atoms with Crippen molar-refractivity contribution in [2.45, 2.75) is 12.5 Å². The van der Waals surface area contributed by atoms with E-state index in [1.165, 1.54) is 0 Å². The van der Waals surface area contributed by atoms with Crippen LogP contribution in [-0.4, -0.2) is 0 Å². The molecule has 12 heavy (non-hydrogen) atoms. The van der Waals surface area contributed by atoms with Gasteiger partial charge in [-0.15, -0.1) is 6.58 Å². The molecule has 0 aliphatic heterocycles. The molecule has 0 amide bonds. The van der Waals surface area contributed by atoms with Crippen LogP contribution >= 0.6 is 11.6 Å². The molecule has 0 fully saturated rings. The summed E-state index contributed by atoms with van der Waals surface area (Å²) in [5, 5.41) is 0.729. The van der Waals surface area contributed by atoms with Gasteiger partial charge in [-0.1, -0.05) is 29.8 Å². The first-order valence-corrected chi connectivity index (χ1v) is 4.24. The Balaban J connectivity index is 2.80. The third kappa shape index (κ3) is 2.36. The van der Waals surface area contributed by atoms with E-state index in [9.17, 15) is 0 Å². The third-order valence-corrected chi connectivity index (χ3v) is 1.93. The van der Waals surface area contributed by atoms with E-state index in [0.29, 0.717) is 0 Å². The van der Waals surface area contributed by atoms with Crippen molar-refractivity contribution >= 4 is 11.6 Å². The molecule has 1 nitrogen and oxygen atoms in total. The summed E-state index contributed by atoms with van der Waals surface area (Å²) in [7, 11) is 0. The molecule has 0 radical (unpaired) electrons. The summed E-state index contributed by atoms with van der Waals surface area (Å²) < 4.78 is 0. The Morgan fingerprint density at radius 2 is 2.33 bits per heavy atom. The number of nitrogens with two attached hydrogens (primary N) is 1. The summed E-state index contributed by atoms with van der Waals surface area (Å²) >= 11 is 5.81. The summed E-state index contributed by atoms with van der Waals surface area (Å²) in [6, 6.07) is 7.61. The Labute approximate surface area is 77.8 Å². The van der Waals surface area contributed by atoms with E-state index in [-0.39, 0.29) is 6.04 Å². The van der Waals surface area contributed by atoms with Gasteiger partial charge < -0.3 is 5.73 Å². The predicted octanol–water partition coefficient (Wildman–Crippen LogP) is 2.92. The van der Waals surface area contributed by atoms with Crippen LogP contribution in [0.3, 0.4) is 0 Å². The fourth-order valence-electron chi connectivity index (χ4n) is 1.05. The molecule has 0 saturated carbocycles. The maximum Gasteiger partial charge on any atom is 0.0409 e. The Hall–Kier alpha value is -0.790. The van der Waals surface area contributed by atoms with Gasteiger partial charge in [-0.2, -0.15) is 0 Å². The minimum Gasteiger partial charge on any atom is -0.324 e. The lowest BCUT2D eigenvalue weighted by Gasteiger charge is -2.08. The van der Waals surface area contributed by atoms with Crippen LogP contribution in [0.2, 0.25) is 5.02 Å². The lowest BCUT2D eigenvalue weighted by Crippen LogP contribution is -2.08. The van der Waals surface area contributed by atoms with Gasteiger partial charge in [-0.3, -0.25) is 0 Å². The minimum absolute atomic E-state index is 0.0150. The second-order valence-electron chi connectivity index (χ2n) is 2.69. The van der Waals surface area contributed by atoms with Gasteiger partial charge in [-0.05, 0) is 24.1 Å². The maximum atomic E-state index is 5.84. The molecule has 0 saturated heterocycles. The van der Waals surface area contributed by atoms with E-state index in [1.807, 2.05) is 30.3 Å². The number of hydrogen-bond acceptors (Lipinski definition) is 1. The van der Waals surface area contributed by atoms with Gasteiger partial charge in [0.2, 0.25) is 0 Å². The molecule has 1 aromatic carbocycles. The van der Waals surface area contributed by atoms with Gasteiger partial charge in [0.1, 0.15) is 0 Å². The Bertz CT molecular complexity index is 270. The van der Waals surface area contributed by atoms with Gasteiger partial charge in [-0.25, -0.2) is 0 Å². The summed E-state index contributed by atoms with van der Waals surface area (Å²) in [5.74, 6) is 0. The molecular weight excluding hydrogens is 170 g/mol. The van der Waals surface area contributed by atoms with Crippen LogP contribution in [0, 0.1) is 0 Å². The Kier molecular flexibility index (Phi) is 3.32. The first-order valence-electron chi connectivity index (χ1n) is 3.86. The van der Waals surface area contributed by atoms with E-state index >= 15 is 0 Å². The first kappa shape index (κ1) is 9.30. The summed E-state index contributed by atoms with van der Waals surface area (Å²) in [5.41, 5.74) is 6.90. The summed E-state index contributed by atoms with van der Waals surface area (Å²) in [4.78, 5) is 0. The van der Waals surface area contributed by atoms with Crippen LogP contribution in [0.1, 0.15) is 18.0 Å². The average Bonchev–Trinajstić information content (AvgIpc) is 2.05. The van der Waals surface area contributed by atoms with Crippen LogP contribution in [-0.2, 0) is 0 Å². The van der Waals surface area contributed by atoms with Crippen molar-refractivity contribution in [2.75, 3.05) is 0 Å². The van der Waals surface area contributed by atoms with E-state index < -0.39 is 0 Å². The van der Waals surface area contributed by atoms with E-state index in [1.54, 1.807) is 0 Å². The molecule has 64 valence electrons. The molecular formula is C10H12ClN. The second-order valence-corrected chi connectivity index (χ2v) is 3.12. The van der Waals surface area contributed by atoms with Gasteiger partial charge in [0, 0.05) is 11.1 Å². The van der Waals surface area contributed by atoms with Crippen molar-refractivity contribution in [3.8, 4) is 0 Å². The number of rotatable bonds is 3. The highest BCUT2D eigenvalue weighted by Crippen LogP contribution is 2.18. The highest BCUT2D eigenvalue weighted by atomic mass is 35.5. The summed E-state index contributed by atoms with van der Waals surface area (Å²) in [6.45, 7) is 3.64. The molecule has 1 unspecified atom stereocenters. The van der Waals surface area contributed by atoms with Gasteiger partial charge in [0.15, 0.2) is 0 Å². The molecule has 2 heteroatoms. The van der Waals surface area contributed by atoms with Gasteiger partial charge >= 0.3 is 0 Å². The lowest BCUT2D eigenvalue weighted by atomic mass is 10.1. The fraction of sp³-hybridized carbons (Fsp3) is 0.200. The quantitative estimate of drug-likeness (QED) is 0.713. The molecule has 2 N–H and O–H groups in total. The molecule has 0 aliphatic rings. The van der Waals surface area contributed by atoms with Crippen LogP contribution in [0.15, 0.2) is 36.9 Å². The van der Waals surface area contributed by atoms with E-state index in [2.05, 4.69) is 6.58 Å². The van der Waals surface area contributed by atoms with Crippen LogP contribution in [0.4, 0.5) is 0 Å². The number of halogens is 1. The highest BCUT2D eigenvalue weighted by Gasteiger charge is 2.02.